The molecule has 1 atom stereocenters. The number of nitrogens with one attached hydrogen (secondary N) is 1. The summed E-state index contributed by atoms with van der Waals surface area (Å²) in [6.45, 7) is 5.16. The third kappa shape index (κ3) is 1.13. The number of rotatable bonds is 1. The molecule has 2 nitrogen and oxygen atoms in total. The van der Waals surface area contributed by atoms with Crippen molar-refractivity contribution in [1.29, 1.82) is 0 Å². The largest absolute Gasteiger partial charge is 0.380 e. The lowest BCUT2D eigenvalue weighted by Crippen LogP contribution is -2.39. The first-order chi connectivity index (χ1) is 6.16. The Bertz CT molecular complexity index is 318. The minimum atomic E-state index is 0.158. The van der Waals surface area contributed by atoms with E-state index >= 15 is 0 Å². The van der Waals surface area contributed by atoms with E-state index in [0.717, 1.165) is 0 Å². The molecule has 0 amide bonds. The Hall–Kier alpha value is -1.02. The van der Waals surface area contributed by atoms with Gasteiger partial charge in [-0.1, -0.05) is 32.0 Å². The van der Waals surface area contributed by atoms with Crippen molar-refractivity contribution in [3.8, 4) is 0 Å². The molecule has 13 heavy (non-hydrogen) atoms. The fraction of sp³-hybridized carbons (Fsp3) is 0.455. The second-order valence-electron chi connectivity index (χ2n) is 4.20. The van der Waals surface area contributed by atoms with Crippen molar-refractivity contribution >= 4 is 5.69 Å². The summed E-state index contributed by atoms with van der Waals surface area (Å²) >= 11 is 0. The predicted molar refractivity (Wildman–Crippen MR) is 55.9 cm³/mol. The summed E-state index contributed by atoms with van der Waals surface area (Å²) < 4.78 is 0. The van der Waals surface area contributed by atoms with Gasteiger partial charge in [-0.15, -0.1) is 0 Å². The summed E-state index contributed by atoms with van der Waals surface area (Å²) in [5, 5.41) is 3.45. The summed E-state index contributed by atoms with van der Waals surface area (Å²) in [6.07, 6.45) is 0. The second-order valence-corrected chi connectivity index (χ2v) is 4.20. The van der Waals surface area contributed by atoms with E-state index in [9.17, 15) is 0 Å². The molecule has 3 N–H and O–H groups in total. The van der Waals surface area contributed by atoms with Crippen LogP contribution in [0.1, 0.15) is 19.4 Å². The van der Waals surface area contributed by atoms with Gasteiger partial charge in [0.1, 0.15) is 0 Å². The van der Waals surface area contributed by atoms with Gasteiger partial charge in [-0.3, -0.25) is 0 Å². The molecule has 0 fully saturated rings. The number of para-hydroxylation sites is 1. The van der Waals surface area contributed by atoms with Crippen molar-refractivity contribution in [2.24, 2.45) is 5.73 Å². The van der Waals surface area contributed by atoms with Crippen LogP contribution in [0.25, 0.3) is 0 Å². The average Bonchev–Trinajstić information content (AvgIpc) is 2.39. The quantitative estimate of drug-likeness (QED) is 0.683. The molecular weight excluding hydrogens is 160 g/mol. The Balaban J connectivity index is 2.47. The maximum absolute atomic E-state index is 5.73. The van der Waals surface area contributed by atoms with Gasteiger partial charge in [-0.25, -0.2) is 0 Å². The van der Waals surface area contributed by atoms with Crippen LogP contribution in [-0.2, 0) is 5.41 Å². The summed E-state index contributed by atoms with van der Waals surface area (Å²) in [4.78, 5) is 0. The van der Waals surface area contributed by atoms with Gasteiger partial charge < -0.3 is 11.1 Å². The SMILES string of the molecule is CC1(C)c2ccccc2N[C@H]1CN. The molecular formula is C11H16N2. The van der Waals surface area contributed by atoms with Crippen molar-refractivity contribution in [3.05, 3.63) is 29.8 Å². The summed E-state index contributed by atoms with van der Waals surface area (Å²) in [5.74, 6) is 0. The molecule has 1 aromatic rings. The van der Waals surface area contributed by atoms with Crippen LogP contribution in [-0.4, -0.2) is 12.6 Å². The first kappa shape index (κ1) is 8.57. The van der Waals surface area contributed by atoms with Gasteiger partial charge in [-0.05, 0) is 11.6 Å². The van der Waals surface area contributed by atoms with Crippen molar-refractivity contribution in [1.82, 2.24) is 0 Å². The van der Waals surface area contributed by atoms with Crippen molar-refractivity contribution in [2.45, 2.75) is 25.3 Å². The van der Waals surface area contributed by atoms with E-state index in [2.05, 4.69) is 43.4 Å². The van der Waals surface area contributed by atoms with Crippen molar-refractivity contribution in [2.75, 3.05) is 11.9 Å². The van der Waals surface area contributed by atoms with Gasteiger partial charge in [-0.2, -0.15) is 0 Å². The van der Waals surface area contributed by atoms with Crippen LogP contribution >= 0.6 is 0 Å². The Kier molecular flexibility index (Phi) is 1.81. The van der Waals surface area contributed by atoms with E-state index in [1.165, 1.54) is 11.3 Å². The number of benzene rings is 1. The van der Waals surface area contributed by atoms with Crippen LogP contribution < -0.4 is 11.1 Å². The summed E-state index contributed by atoms with van der Waals surface area (Å²) in [6, 6.07) is 8.80. The van der Waals surface area contributed by atoms with E-state index in [1.54, 1.807) is 0 Å². The van der Waals surface area contributed by atoms with Crippen molar-refractivity contribution < 1.29 is 0 Å². The number of fused-ring (bicyclic) bond motifs is 1. The van der Waals surface area contributed by atoms with Gasteiger partial charge in [0, 0.05) is 23.7 Å². The molecule has 1 heterocycles. The van der Waals surface area contributed by atoms with E-state index in [0.29, 0.717) is 12.6 Å². The maximum atomic E-state index is 5.73. The van der Waals surface area contributed by atoms with Gasteiger partial charge in [0.15, 0.2) is 0 Å². The highest BCUT2D eigenvalue weighted by Crippen LogP contribution is 2.39. The molecule has 70 valence electrons. The Labute approximate surface area is 79.1 Å². The minimum absolute atomic E-state index is 0.158. The molecule has 1 aliphatic heterocycles. The highest BCUT2D eigenvalue weighted by Gasteiger charge is 2.37. The van der Waals surface area contributed by atoms with Gasteiger partial charge in [0.25, 0.3) is 0 Å². The molecule has 0 aliphatic carbocycles. The fourth-order valence-electron chi connectivity index (χ4n) is 2.08. The van der Waals surface area contributed by atoms with E-state index in [4.69, 9.17) is 5.73 Å². The maximum Gasteiger partial charge on any atom is 0.0475 e. The zero-order valence-corrected chi connectivity index (χ0v) is 8.17. The number of nitrogens with two attached hydrogens (primary N) is 1. The van der Waals surface area contributed by atoms with E-state index in [1.807, 2.05) is 0 Å². The smallest absolute Gasteiger partial charge is 0.0475 e. The van der Waals surface area contributed by atoms with Gasteiger partial charge >= 0.3 is 0 Å². The lowest BCUT2D eigenvalue weighted by atomic mass is 9.81. The Morgan fingerprint density at radius 2 is 2.08 bits per heavy atom. The minimum Gasteiger partial charge on any atom is -0.380 e. The number of anilines is 1. The molecule has 0 saturated carbocycles. The molecule has 0 saturated heterocycles. The molecule has 0 aromatic heterocycles. The fourth-order valence-corrected chi connectivity index (χ4v) is 2.08. The number of hydrogen-bond acceptors (Lipinski definition) is 2. The summed E-state index contributed by atoms with van der Waals surface area (Å²) in [7, 11) is 0. The first-order valence-corrected chi connectivity index (χ1v) is 4.72. The zero-order valence-electron chi connectivity index (χ0n) is 8.17. The third-order valence-electron chi connectivity index (χ3n) is 3.06. The predicted octanol–water partition coefficient (Wildman–Crippen LogP) is 1.72. The zero-order chi connectivity index (χ0) is 9.47. The van der Waals surface area contributed by atoms with Crippen LogP contribution in [0.5, 0.6) is 0 Å². The molecule has 1 aromatic carbocycles. The Morgan fingerprint density at radius 1 is 1.38 bits per heavy atom. The monoisotopic (exact) mass is 176 g/mol. The lowest BCUT2D eigenvalue weighted by Gasteiger charge is -2.26. The molecule has 0 radical (unpaired) electrons. The molecule has 0 bridgehead atoms. The van der Waals surface area contributed by atoms with Crippen LogP contribution in [0.3, 0.4) is 0 Å². The molecule has 2 heteroatoms. The highest BCUT2D eigenvalue weighted by molar-refractivity contribution is 5.61. The van der Waals surface area contributed by atoms with Gasteiger partial charge in [0.2, 0.25) is 0 Å². The summed E-state index contributed by atoms with van der Waals surface area (Å²) in [5.41, 5.74) is 8.50. The number of hydrogen-bond donors (Lipinski definition) is 2. The molecule has 0 unspecified atom stereocenters. The first-order valence-electron chi connectivity index (χ1n) is 4.72. The van der Waals surface area contributed by atoms with E-state index < -0.39 is 0 Å². The van der Waals surface area contributed by atoms with E-state index in [-0.39, 0.29) is 5.41 Å². The highest BCUT2D eigenvalue weighted by atomic mass is 15.0. The van der Waals surface area contributed by atoms with Crippen LogP contribution in [0.15, 0.2) is 24.3 Å². The van der Waals surface area contributed by atoms with Crippen molar-refractivity contribution in [3.63, 3.8) is 0 Å². The second kappa shape index (κ2) is 2.74. The van der Waals surface area contributed by atoms with Crippen LogP contribution in [0, 0.1) is 0 Å². The molecule has 0 spiro atoms. The van der Waals surface area contributed by atoms with Gasteiger partial charge in [0.05, 0.1) is 0 Å². The third-order valence-corrected chi connectivity index (χ3v) is 3.06. The standard InChI is InChI=1S/C11H16N2/c1-11(2)8-5-3-4-6-9(8)13-10(11)7-12/h3-6,10,13H,7,12H2,1-2H3/t10-/m0/s1. The normalized spacial score (nSPS) is 23.8. The lowest BCUT2D eigenvalue weighted by molar-refractivity contribution is 0.466. The molecule has 1 aliphatic rings. The van der Waals surface area contributed by atoms with Crippen LogP contribution in [0.2, 0.25) is 0 Å². The average molecular weight is 176 g/mol. The topological polar surface area (TPSA) is 38.0 Å². The van der Waals surface area contributed by atoms with Crippen LogP contribution in [0.4, 0.5) is 5.69 Å². The Morgan fingerprint density at radius 3 is 2.69 bits per heavy atom. The molecule has 2 rings (SSSR count).